The number of aromatic nitrogens is 3. The van der Waals surface area contributed by atoms with Gasteiger partial charge in [0.1, 0.15) is 12.1 Å². The second kappa shape index (κ2) is 12.1. The van der Waals surface area contributed by atoms with E-state index in [0.717, 1.165) is 38.8 Å². The number of H-pyrrole nitrogens is 1. The number of likely N-dealkylation sites (tertiary alicyclic amines) is 1. The van der Waals surface area contributed by atoms with E-state index in [1.807, 2.05) is 48.2 Å². The number of aryl methyl sites for hydroxylation is 1. The maximum Gasteiger partial charge on any atom is 0.329 e. The second-order valence-corrected chi connectivity index (χ2v) is 11.2. The molecule has 222 valence electrons. The molecule has 1 saturated heterocycles. The summed E-state index contributed by atoms with van der Waals surface area (Å²) in [5.41, 5.74) is 5.56. The molecule has 4 amide bonds. The Morgan fingerprint density at radius 3 is 2.67 bits per heavy atom. The lowest BCUT2D eigenvalue weighted by molar-refractivity contribution is -0.151. The molecule has 4 aromatic rings. The van der Waals surface area contributed by atoms with E-state index in [1.165, 1.54) is 0 Å². The van der Waals surface area contributed by atoms with Gasteiger partial charge in [-0.2, -0.15) is 5.10 Å². The molecule has 43 heavy (non-hydrogen) atoms. The van der Waals surface area contributed by atoms with Crippen molar-refractivity contribution in [2.75, 3.05) is 18.4 Å². The minimum Gasteiger partial charge on any atom is -0.456 e. The van der Waals surface area contributed by atoms with Crippen LogP contribution in [0.25, 0.3) is 10.9 Å². The van der Waals surface area contributed by atoms with Gasteiger partial charge in [0.25, 0.3) is 0 Å². The standard InChI is InChI=1S/C32H35N7O4/c1-20-15-22(16-25-18-34-37-29(20)25)17-28(30(40)43-21(2)23-7-11-33-12-8-23)36-31(41)38-13-9-26(10-14-38)39-19-24-5-3-4-6-27(24)35-32(39)42/h3-8,11-12,15-16,18,21,26,28H,9-10,13-14,17,19H2,1-2H3,(H,34,37)(H,35,42)(H,36,41)/t21-,28?/m1/s1. The van der Waals surface area contributed by atoms with E-state index >= 15 is 0 Å². The lowest BCUT2D eigenvalue weighted by Crippen LogP contribution is -2.55. The summed E-state index contributed by atoms with van der Waals surface area (Å²) < 4.78 is 5.83. The quantitative estimate of drug-likeness (QED) is 0.271. The van der Waals surface area contributed by atoms with E-state index in [-0.39, 0.29) is 24.5 Å². The van der Waals surface area contributed by atoms with Crippen molar-refractivity contribution in [3.8, 4) is 0 Å². The molecule has 2 aliphatic rings. The first-order valence-electron chi connectivity index (χ1n) is 14.6. The molecule has 0 spiro atoms. The van der Waals surface area contributed by atoms with Crippen LogP contribution in [0.5, 0.6) is 0 Å². The van der Waals surface area contributed by atoms with E-state index < -0.39 is 18.1 Å². The van der Waals surface area contributed by atoms with Gasteiger partial charge in [0.05, 0.1) is 11.7 Å². The van der Waals surface area contributed by atoms with E-state index in [4.69, 9.17) is 4.74 Å². The highest BCUT2D eigenvalue weighted by molar-refractivity contribution is 5.92. The molecule has 2 aliphatic heterocycles. The van der Waals surface area contributed by atoms with Gasteiger partial charge >= 0.3 is 18.0 Å². The molecular weight excluding hydrogens is 546 g/mol. The molecule has 2 aromatic carbocycles. The van der Waals surface area contributed by atoms with Crippen molar-refractivity contribution in [3.63, 3.8) is 0 Å². The molecule has 4 heterocycles. The van der Waals surface area contributed by atoms with E-state index in [9.17, 15) is 14.4 Å². The Kier molecular flexibility index (Phi) is 7.95. The molecule has 2 atom stereocenters. The van der Waals surface area contributed by atoms with Crippen LogP contribution in [0.3, 0.4) is 0 Å². The van der Waals surface area contributed by atoms with Gasteiger partial charge in [-0.25, -0.2) is 14.4 Å². The maximum atomic E-state index is 13.5. The zero-order valence-corrected chi connectivity index (χ0v) is 24.2. The van der Waals surface area contributed by atoms with Crippen LogP contribution in [0.4, 0.5) is 15.3 Å². The number of piperidine rings is 1. The molecule has 1 fully saturated rings. The number of esters is 1. The van der Waals surface area contributed by atoms with Gasteiger partial charge < -0.3 is 25.2 Å². The number of nitrogens with zero attached hydrogens (tertiary/aromatic N) is 4. The summed E-state index contributed by atoms with van der Waals surface area (Å²) in [5.74, 6) is -0.513. The van der Waals surface area contributed by atoms with Gasteiger partial charge in [0, 0.05) is 55.6 Å². The molecule has 0 saturated carbocycles. The van der Waals surface area contributed by atoms with Crippen LogP contribution >= 0.6 is 0 Å². The zero-order valence-electron chi connectivity index (χ0n) is 24.2. The number of fused-ring (bicyclic) bond motifs is 2. The summed E-state index contributed by atoms with van der Waals surface area (Å²) in [4.78, 5) is 47.4. The number of nitrogens with one attached hydrogen (secondary N) is 3. The number of carbonyl (C=O) groups is 3. The summed E-state index contributed by atoms with van der Waals surface area (Å²) in [5, 5.41) is 14.0. The lowest BCUT2D eigenvalue weighted by atomic mass is 10.0. The number of rotatable bonds is 7. The third-order valence-electron chi connectivity index (χ3n) is 8.35. The van der Waals surface area contributed by atoms with Crippen molar-refractivity contribution < 1.29 is 19.1 Å². The van der Waals surface area contributed by atoms with Gasteiger partial charge in [-0.1, -0.05) is 24.3 Å². The number of ether oxygens (including phenoxy) is 1. The summed E-state index contributed by atoms with van der Waals surface area (Å²) in [6.07, 6.45) is 6.09. The van der Waals surface area contributed by atoms with Crippen molar-refractivity contribution in [1.29, 1.82) is 0 Å². The Morgan fingerprint density at radius 2 is 1.88 bits per heavy atom. The Balaban J connectivity index is 1.13. The van der Waals surface area contributed by atoms with Crippen LogP contribution in [-0.4, -0.2) is 68.2 Å². The minimum atomic E-state index is -0.900. The van der Waals surface area contributed by atoms with Crippen LogP contribution in [0.2, 0.25) is 0 Å². The molecular formula is C32H35N7O4. The Labute approximate surface area is 249 Å². The zero-order chi connectivity index (χ0) is 29.9. The summed E-state index contributed by atoms with van der Waals surface area (Å²) >= 11 is 0. The maximum absolute atomic E-state index is 13.5. The molecule has 3 N–H and O–H groups in total. The first-order chi connectivity index (χ1) is 20.9. The Hall–Kier alpha value is -4.93. The summed E-state index contributed by atoms with van der Waals surface area (Å²) in [6, 6.07) is 14.0. The van der Waals surface area contributed by atoms with Gasteiger partial charge in [-0.3, -0.25) is 10.1 Å². The number of pyridine rings is 1. The smallest absolute Gasteiger partial charge is 0.329 e. The average molecular weight is 582 g/mol. The van der Waals surface area contributed by atoms with Crippen molar-refractivity contribution in [2.45, 2.75) is 57.8 Å². The summed E-state index contributed by atoms with van der Waals surface area (Å²) in [7, 11) is 0. The number of hydrogen-bond acceptors (Lipinski definition) is 6. The first-order valence-corrected chi connectivity index (χ1v) is 14.6. The van der Waals surface area contributed by atoms with Crippen LogP contribution < -0.4 is 10.6 Å². The van der Waals surface area contributed by atoms with E-state index in [2.05, 4.69) is 25.8 Å². The van der Waals surface area contributed by atoms with E-state index in [0.29, 0.717) is 32.5 Å². The minimum absolute atomic E-state index is 0.0176. The van der Waals surface area contributed by atoms with E-state index in [1.54, 1.807) is 42.5 Å². The molecule has 0 bridgehead atoms. The molecule has 6 rings (SSSR count). The normalized spacial score (nSPS) is 16.7. The van der Waals surface area contributed by atoms with Crippen LogP contribution in [0.1, 0.15) is 48.1 Å². The van der Waals surface area contributed by atoms with Crippen LogP contribution in [0, 0.1) is 6.92 Å². The van der Waals surface area contributed by atoms with Gasteiger partial charge in [0.15, 0.2) is 0 Å². The molecule has 2 aromatic heterocycles. The molecule has 0 aliphatic carbocycles. The second-order valence-electron chi connectivity index (χ2n) is 11.2. The molecule has 1 unspecified atom stereocenters. The number of hydrogen-bond donors (Lipinski definition) is 3. The lowest BCUT2D eigenvalue weighted by Gasteiger charge is -2.40. The van der Waals surface area contributed by atoms with Crippen LogP contribution in [-0.2, 0) is 22.5 Å². The number of anilines is 1. The fraction of sp³-hybridized carbons (Fsp3) is 0.344. The SMILES string of the molecule is Cc1cc(CC(NC(=O)N2CCC(N3Cc4ccccc4NC3=O)CC2)C(=O)O[C@H](C)c2ccncc2)cc2cn[nH]c12. The third kappa shape index (κ3) is 6.15. The monoisotopic (exact) mass is 581 g/mol. The predicted molar refractivity (Wildman–Crippen MR) is 161 cm³/mol. The fourth-order valence-corrected chi connectivity index (χ4v) is 5.96. The largest absolute Gasteiger partial charge is 0.456 e. The molecule has 11 heteroatoms. The van der Waals surface area contributed by atoms with Gasteiger partial charge in [-0.15, -0.1) is 0 Å². The number of para-hydroxylation sites is 1. The summed E-state index contributed by atoms with van der Waals surface area (Å²) in [6.45, 7) is 5.26. The Bertz CT molecular complexity index is 1630. The predicted octanol–water partition coefficient (Wildman–Crippen LogP) is 4.70. The number of carbonyl (C=O) groups excluding carboxylic acids is 3. The third-order valence-corrected chi connectivity index (χ3v) is 8.35. The number of urea groups is 2. The number of amides is 4. The highest BCUT2D eigenvalue weighted by atomic mass is 16.5. The van der Waals surface area contributed by atoms with Gasteiger partial charge in [0.2, 0.25) is 0 Å². The fourth-order valence-electron chi connectivity index (χ4n) is 5.96. The van der Waals surface area contributed by atoms with Crippen molar-refractivity contribution in [1.82, 2.24) is 30.3 Å². The molecule has 0 radical (unpaired) electrons. The number of benzene rings is 2. The highest BCUT2D eigenvalue weighted by Crippen LogP contribution is 2.28. The van der Waals surface area contributed by atoms with Crippen molar-refractivity contribution in [3.05, 3.63) is 89.4 Å². The Morgan fingerprint density at radius 1 is 1.12 bits per heavy atom. The van der Waals surface area contributed by atoms with Gasteiger partial charge in [-0.05, 0) is 73.2 Å². The first kappa shape index (κ1) is 28.2. The highest BCUT2D eigenvalue weighted by Gasteiger charge is 2.34. The van der Waals surface area contributed by atoms with Crippen molar-refractivity contribution in [2.24, 2.45) is 0 Å². The topological polar surface area (TPSA) is 133 Å². The molecule has 11 nitrogen and oxygen atoms in total. The average Bonchev–Trinajstić information content (AvgIpc) is 3.50. The van der Waals surface area contributed by atoms with Crippen molar-refractivity contribution >= 4 is 34.6 Å². The van der Waals surface area contributed by atoms with Crippen LogP contribution in [0.15, 0.2) is 67.1 Å². The number of aromatic amines is 1.